The molecule has 11 nitrogen and oxygen atoms in total. The number of pyridine rings is 1. The average molecular weight is 503 g/mol. The Bertz CT molecular complexity index is 1260. The number of aromatic nitrogens is 3. The summed E-state index contributed by atoms with van der Waals surface area (Å²) in [5, 5.41) is 3.75. The van der Waals surface area contributed by atoms with E-state index in [0.29, 0.717) is 29.8 Å². The Morgan fingerprint density at radius 2 is 2.06 bits per heavy atom. The highest BCUT2D eigenvalue weighted by molar-refractivity contribution is 7.89. The number of para-hydroxylation sites is 1. The summed E-state index contributed by atoms with van der Waals surface area (Å²) in [4.78, 5) is 37.5. The third-order valence-corrected chi connectivity index (χ3v) is 6.71. The number of aromatic amines is 1. The van der Waals surface area contributed by atoms with Crippen molar-refractivity contribution in [3.05, 3.63) is 48.4 Å². The smallest absolute Gasteiger partial charge is 0.325 e. The van der Waals surface area contributed by atoms with E-state index in [-0.39, 0.29) is 24.5 Å². The van der Waals surface area contributed by atoms with Crippen molar-refractivity contribution in [2.45, 2.75) is 37.6 Å². The van der Waals surface area contributed by atoms with Crippen LogP contribution in [0.25, 0.3) is 10.9 Å². The molecule has 0 radical (unpaired) electrons. The SMILES string of the molecule is CCOC(=O)CN(C)C(=O)[C@H](CCCNc1ncc[nH]1)NS(=O)(=O)c1cccc2cc(C)cnc12. The Morgan fingerprint density at radius 3 is 2.77 bits per heavy atom. The summed E-state index contributed by atoms with van der Waals surface area (Å²) in [5.41, 5.74) is 1.22. The molecule has 2 aromatic heterocycles. The average Bonchev–Trinajstić information content (AvgIpc) is 3.33. The number of esters is 1. The van der Waals surface area contributed by atoms with Crippen LogP contribution in [0.4, 0.5) is 5.95 Å². The van der Waals surface area contributed by atoms with Gasteiger partial charge in [0.2, 0.25) is 15.9 Å². The molecule has 0 spiro atoms. The number of nitrogens with one attached hydrogen (secondary N) is 3. The van der Waals surface area contributed by atoms with Crippen molar-refractivity contribution in [1.82, 2.24) is 24.6 Å². The van der Waals surface area contributed by atoms with E-state index in [2.05, 4.69) is 25.0 Å². The Balaban J connectivity index is 1.80. The standard InChI is InChI=1S/C23H30N6O5S/c1-4-34-20(30)15-29(3)22(31)18(8-6-10-24-23-25-11-12-26-23)28-35(32,33)19-9-5-7-17-13-16(2)14-27-21(17)19/h5,7,9,11-14,18,28H,4,6,8,10,15H2,1-3H3,(H2,24,25,26)/t18-/m0/s1. The Morgan fingerprint density at radius 1 is 1.26 bits per heavy atom. The molecule has 0 aliphatic carbocycles. The molecule has 0 aliphatic rings. The van der Waals surface area contributed by atoms with Crippen molar-refractivity contribution < 1.29 is 22.7 Å². The number of likely N-dealkylation sites (N-methyl/N-ethyl adjacent to an activating group) is 1. The van der Waals surface area contributed by atoms with Gasteiger partial charge < -0.3 is 19.9 Å². The number of fused-ring (bicyclic) bond motifs is 1. The summed E-state index contributed by atoms with van der Waals surface area (Å²) in [7, 11) is -2.68. The van der Waals surface area contributed by atoms with Gasteiger partial charge in [-0.2, -0.15) is 4.72 Å². The van der Waals surface area contributed by atoms with E-state index >= 15 is 0 Å². The van der Waals surface area contributed by atoms with E-state index in [1.54, 1.807) is 37.6 Å². The first kappa shape index (κ1) is 26.1. The van der Waals surface area contributed by atoms with Gasteiger partial charge in [0.05, 0.1) is 12.1 Å². The number of sulfonamides is 1. The number of H-pyrrole nitrogens is 1. The predicted molar refractivity (Wildman–Crippen MR) is 131 cm³/mol. The number of hydrogen-bond donors (Lipinski definition) is 3. The highest BCUT2D eigenvalue weighted by atomic mass is 32.2. The first-order valence-electron chi connectivity index (χ1n) is 11.2. The van der Waals surface area contributed by atoms with Gasteiger partial charge in [0, 0.05) is 37.6 Å². The molecule has 3 N–H and O–H groups in total. The second-order valence-electron chi connectivity index (χ2n) is 8.02. The molecular weight excluding hydrogens is 472 g/mol. The number of carbonyl (C=O) groups is 2. The summed E-state index contributed by atoms with van der Waals surface area (Å²) in [5.74, 6) is -0.535. The van der Waals surface area contributed by atoms with Crippen LogP contribution in [0.2, 0.25) is 0 Å². The zero-order chi connectivity index (χ0) is 25.4. The van der Waals surface area contributed by atoms with Crippen molar-refractivity contribution in [1.29, 1.82) is 0 Å². The Hall–Kier alpha value is -3.51. The number of carbonyl (C=O) groups excluding carboxylic acids is 2. The molecule has 1 aromatic carbocycles. The molecule has 3 aromatic rings. The number of hydrogen-bond acceptors (Lipinski definition) is 8. The maximum absolute atomic E-state index is 13.4. The lowest BCUT2D eigenvalue weighted by atomic mass is 10.1. The first-order chi connectivity index (χ1) is 16.7. The molecular formula is C23H30N6O5S. The molecule has 1 amide bonds. The quantitative estimate of drug-likeness (QED) is 0.251. The van der Waals surface area contributed by atoms with Crippen LogP contribution >= 0.6 is 0 Å². The van der Waals surface area contributed by atoms with Crippen LogP contribution in [-0.4, -0.2) is 72.9 Å². The zero-order valence-electron chi connectivity index (χ0n) is 19.9. The molecule has 188 valence electrons. The molecule has 12 heteroatoms. The summed E-state index contributed by atoms with van der Waals surface area (Å²) >= 11 is 0. The molecule has 35 heavy (non-hydrogen) atoms. The summed E-state index contributed by atoms with van der Waals surface area (Å²) in [6.45, 7) is 3.89. The van der Waals surface area contributed by atoms with Gasteiger partial charge in [0.1, 0.15) is 17.5 Å². The fourth-order valence-electron chi connectivity index (χ4n) is 3.56. The third-order valence-electron chi connectivity index (χ3n) is 5.20. The maximum atomic E-state index is 13.4. The fraction of sp³-hybridized carbons (Fsp3) is 0.391. The maximum Gasteiger partial charge on any atom is 0.325 e. The van der Waals surface area contributed by atoms with Crippen molar-refractivity contribution in [3.63, 3.8) is 0 Å². The van der Waals surface area contributed by atoms with Crippen LogP contribution < -0.4 is 10.0 Å². The Labute approximate surface area is 204 Å². The van der Waals surface area contributed by atoms with Crippen LogP contribution in [-0.2, 0) is 24.3 Å². The van der Waals surface area contributed by atoms with E-state index in [1.807, 2.05) is 13.0 Å². The van der Waals surface area contributed by atoms with Crippen LogP contribution in [0.5, 0.6) is 0 Å². The molecule has 2 heterocycles. The van der Waals surface area contributed by atoms with Gasteiger partial charge in [-0.25, -0.2) is 13.4 Å². The van der Waals surface area contributed by atoms with Crippen molar-refractivity contribution >= 4 is 38.8 Å². The van der Waals surface area contributed by atoms with Gasteiger partial charge in [-0.15, -0.1) is 0 Å². The molecule has 0 unspecified atom stereocenters. The second kappa shape index (κ2) is 11.8. The highest BCUT2D eigenvalue weighted by Gasteiger charge is 2.30. The van der Waals surface area contributed by atoms with Gasteiger partial charge in [-0.05, 0) is 44.4 Å². The first-order valence-corrected chi connectivity index (χ1v) is 12.7. The normalized spacial score (nSPS) is 12.3. The second-order valence-corrected chi connectivity index (χ2v) is 9.70. The minimum Gasteiger partial charge on any atom is -0.465 e. The number of rotatable bonds is 12. The van der Waals surface area contributed by atoms with E-state index in [4.69, 9.17) is 4.74 Å². The summed E-state index contributed by atoms with van der Waals surface area (Å²) < 4.78 is 34.2. The van der Waals surface area contributed by atoms with Gasteiger partial charge in [-0.1, -0.05) is 12.1 Å². The van der Waals surface area contributed by atoms with E-state index in [1.165, 1.54) is 13.1 Å². The lowest BCUT2D eigenvalue weighted by Crippen LogP contribution is -2.48. The van der Waals surface area contributed by atoms with Crippen molar-refractivity contribution in [2.24, 2.45) is 0 Å². The predicted octanol–water partition coefficient (Wildman–Crippen LogP) is 1.83. The number of ether oxygens (including phenoxy) is 1. The monoisotopic (exact) mass is 502 g/mol. The summed E-state index contributed by atoms with van der Waals surface area (Å²) in [6.07, 6.45) is 5.52. The molecule has 0 bridgehead atoms. The third kappa shape index (κ3) is 6.99. The molecule has 0 fully saturated rings. The summed E-state index contributed by atoms with van der Waals surface area (Å²) in [6, 6.07) is 5.62. The zero-order valence-corrected chi connectivity index (χ0v) is 20.8. The highest BCUT2D eigenvalue weighted by Crippen LogP contribution is 2.22. The minimum atomic E-state index is -4.11. The van der Waals surface area contributed by atoms with E-state index < -0.39 is 27.9 Å². The fourth-order valence-corrected chi connectivity index (χ4v) is 4.97. The lowest BCUT2D eigenvalue weighted by Gasteiger charge is -2.24. The lowest BCUT2D eigenvalue weighted by molar-refractivity contribution is -0.148. The largest absolute Gasteiger partial charge is 0.465 e. The number of anilines is 1. The van der Waals surface area contributed by atoms with Crippen LogP contribution in [0.1, 0.15) is 25.3 Å². The number of benzene rings is 1. The molecule has 0 saturated carbocycles. The number of aryl methyl sites for hydroxylation is 1. The minimum absolute atomic E-state index is 0.0189. The molecule has 1 atom stereocenters. The van der Waals surface area contributed by atoms with Gasteiger partial charge in [0.15, 0.2) is 5.95 Å². The number of nitrogens with zero attached hydrogens (tertiary/aromatic N) is 3. The molecule has 0 saturated heterocycles. The van der Waals surface area contributed by atoms with Gasteiger partial charge >= 0.3 is 5.97 Å². The molecule has 0 aliphatic heterocycles. The van der Waals surface area contributed by atoms with Crippen LogP contribution in [0.3, 0.4) is 0 Å². The van der Waals surface area contributed by atoms with Crippen LogP contribution in [0, 0.1) is 6.92 Å². The van der Waals surface area contributed by atoms with Gasteiger partial charge in [0.25, 0.3) is 0 Å². The number of imidazole rings is 1. The van der Waals surface area contributed by atoms with Crippen molar-refractivity contribution in [3.8, 4) is 0 Å². The number of amides is 1. The molecule has 3 rings (SSSR count). The van der Waals surface area contributed by atoms with Gasteiger partial charge in [-0.3, -0.25) is 14.6 Å². The van der Waals surface area contributed by atoms with E-state index in [0.717, 1.165) is 10.5 Å². The topological polar surface area (TPSA) is 146 Å². The van der Waals surface area contributed by atoms with E-state index in [9.17, 15) is 18.0 Å². The van der Waals surface area contributed by atoms with Crippen molar-refractivity contribution in [2.75, 3.05) is 32.1 Å². The van der Waals surface area contributed by atoms with Crippen LogP contribution in [0.15, 0.2) is 47.8 Å². The Kier molecular flexibility index (Phi) is 8.77.